The number of fused-ring (bicyclic) bond motifs is 1. The number of rotatable bonds is 5. The SMILES string of the molecule is CCCc1nn(C)c2c1nc(CCl)n2CC1CCN(C)C1. The molecule has 116 valence electrons. The minimum atomic E-state index is 0.461. The van der Waals surface area contributed by atoms with Crippen LogP contribution in [-0.4, -0.2) is 44.4 Å². The molecule has 0 aromatic carbocycles. The summed E-state index contributed by atoms with van der Waals surface area (Å²) in [6, 6.07) is 0. The molecule has 5 nitrogen and oxygen atoms in total. The van der Waals surface area contributed by atoms with Gasteiger partial charge in [0.2, 0.25) is 0 Å². The Balaban J connectivity index is 1.99. The lowest BCUT2D eigenvalue weighted by Gasteiger charge is -2.14. The van der Waals surface area contributed by atoms with Crippen LogP contribution in [0.1, 0.15) is 31.3 Å². The van der Waals surface area contributed by atoms with Crippen molar-refractivity contribution in [3.63, 3.8) is 0 Å². The number of hydrogen-bond acceptors (Lipinski definition) is 3. The molecule has 1 aliphatic rings. The summed E-state index contributed by atoms with van der Waals surface area (Å²) in [5.41, 5.74) is 3.27. The molecule has 0 amide bonds. The van der Waals surface area contributed by atoms with Crippen molar-refractivity contribution in [3.05, 3.63) is 11.5 Å². The van der Waals surface area contributed by atoms with Crippen molar-refractivity contribution < 1.29 is 0 Å². The predicted molar refractivity (Wildman–Crippen MR) is 85.7 cm³/mol. The summed E-state index contributed by atoms with van der Waals surface area (Å²) in [7, 11) is 4.20. The lowest BCUT2D eigenvalue weighted by Crippen LogP contribution is -2.18. The van der Waals surface area contributed by atoms with Gasteiger partial charge in [0.25, 0.3) is 0 Å². The minimum absolute atomic E-state index is 0.461. The number of likely N-dealkylation sites (tertiary alicyclic amines) is 1. The Labute approximate surface area is 130 Å². The Morgan fingerprint density at radius 2 is 2.14 bits per heavy atom. The first-order valence-electron chi connectivity index (χ1n) is 7.79. The maximum Gasteiger partial charge on any atom is 0.158 e. The second-order valence-electron chi connectivity index (χ2n) is 6.18. The van der Waals surface area contributed by atoms with Crippen LogP contribution in [0.2, 0.25) is 0 Å². The van der Waals surface area contributed by atoms with Crippen LogP contribution in [-0.2, 0) is 25.9 Å². The monoisotopic (exact) mass is 309 g/mol. The van der Waals surface area contributed by atoms with E-state index in [1.54, 1.807) is 0 Å². The summed E-state index contributed by atoms with van der Waals surface area (Å²) in [6.07, 6.45) is 3.31. The van der Waals surface area contributed by atoms with Crippen LogP contribution in [0.5, 0.6) is 0 Å². The van der Waals surface area contributed by atoms with Crippen LogP contribution in [0.15, 0.2) is 0 Å². The molecule has 1 atom stereocenters. The zero-order valence-electron chi connectivity index (χ0n) is 13.1. The molecule has 3 rings (SSSR count). The largest absolute Gasteiger partial charge is 0.312 e. The van der Waals surface area contributed by atoms with E-state index in [-0.39, 0.29) is 0 Å². The summed E-state index contributed by atoms with van der Waals surface area (Å²) in [4.78, 5) is 7.16. The van der Waals surface area contributed by atoms with Crippen molar-refractivity contribution in [2.75, 3.05) is 20.1 Å². The molecule has 0 aliphatic carbocycles. The van der Waals surface area contributed by atoms with Crippen LogP contribution in [0.3, 0.4) is 0 Å². The fourth-order valence-electron chi connectivity index (χ4n) is 3.42. The highest BCUT2D eigenvalue weighted by Gasteiger charge is 2.24. The number of aromatic nitrogens is 4. The quantitative estimate of drug-likeness (QED) is 0.796. The Bertz CT molecular complexity index is 630. The number of aryl methyl sites for hydroxylation is 2. The molecule has 0 N–H and O–H groups in total. The van der Waals surface area contributed by atoms with Gasteiger partial charge < -0.3 is 9.47 Å². The molecule has 1 saturated heterocycles. The molecule has 0 spiro atoms. The highest BCUT2D eigenvalue weighted by molar-refractivity contribution is 6.16. The first-order chi connectivity index (χ1) is 10.1. The molecule has 2 aromatic rings. The lowest BCUT2D eigenvalue weighted by molar-refractivity contribution is 0.377. The molecule has 1 aliphatic heterocycles. The normalized spacial score (nSPS) is 19.9. The van der Waals surface area contributed by atoms with Crippen LogP contribution in [0.4, 0.5) is 0 Å². The van der Waals surface area contributed by atoms with E-state index in [9.17, 15) is 0 Å². The van der Waals surface area contributed by atoms with Crippen molar-refractivity contribution in [3.8, 4) is 0 Å². The third kappa shape index (κ3) is 2.69. The second-order valence-corrected chi connectivity index (χ2v) is 6.45. The molecule has 2 aromatic heterocycles. The summed E-state index contributed by atoms with van der Waals surface area (Å²) >= 11 is 6.13. The average Bonchev–Trinajstić information content (AvgIpc) is 3.09. The van der Waals surface area contributed by atoms with E-state index < -0.39 is 0 Å². The van der Waals surface area contributed by atoms with Gasteiger partial charge in [0.05, 0.1) is 11.6 Å². The van der Waals surface area contributed by atoms with Gasteiger partial charge in [0, 0.05) is 20.1 Å². The van der Waals surface area contributed by atoms with Crippen molar-refractivity contribution in [2.45, 2.75) is 38.6 Å². The molecule has 3 heterocycles. The predicted octanol–water partition coefficient (Wildman–Crippen LogP) is 2.41. The molecule has 0 saturated carbocycles. The molecule has 1 fully saturated rings. The molecule has 21 heavy (non-hydrogen) atoms. The third-order valence-corrected chi connectivity index (χ3v) is 4.65. The van der Waals surface area contributed by atoms with Gasteiger partial charge in [-0.25, -0.2) is 4.98 Å². The Hall–Kier alpha value is -1.07. The molecule has 6 heteroatoms. The van der Waals surface area contributed by atoms with Gasteiger partial charge in [-0.15, -0.1) is 11.6 Å². The Morgan fingerprint density at radius 1 is 1.33 bits per heavy atom. The molecular formula is C15H24ClN5. The topological polar surface area (TPSA) is 38.9 Å². The lowest BCUT2D eigenvalue weighted by atomic mass is 10.1. The number of hydrogen-bond donors (Lipinski definition) is 0. The highest BCUT2D eigenvalue weighted by atomic mass is 35.5. The van der Waals surface area contributed by atoms with E-state index in [1.807, 2.05) is 11.7 Å². The number of imidazole rings is 1. The Morgan fingerprint density at radius 3 is 2.76 bits per heavy atom. The zero-order chi connectivity index (χ0) is 15.0. The fraction of sp³-hybridized carbons (Fsp3) is 0.733. The van der Waals surface area contributed by atoms with Crippen LogP contribution < -0.4 is 0 Å². The van der Waals surface area contributed by atoms with Gasteiger partial charge in [-0.2, -0.15) is 5.10 Å². The summed E-state index contributed by atoms with van der Waals surface area (Å²) in [6.45, 7) is 5.51. The van der Waals surface area contributed by atoms with Crippen molar-refractivity contribution in [1.82, 2.24) is 24.2 Å². The summed E-state index contributed by atoms with van der Waals surface area (Å²) in [5.74, 6) is 2.12. The molecular weight excluding hydrogens is 286 g/mol. The van der Waals surface area contributed by atoms with E-state index in [0.717, 1.165) is 48.6 Å². The van der Waals surface area contributed by atoms with Gasteiger partial charge in [-0.3, -0.25) is 4.68 Å². The number of nitrogens with zero attached hydrogens (tertiary/aromatic N) is 5. The number of alkyl halides is 1. The van der Waals surface area contributed by atoms with E-state index in [1.165, 1.54) is 13.0 Å². The van der Waals surface area contributed by atoms with Gasteiger partial charge in [0.1, 0.15) is 11.3 Å². The minimum Gasteiger partial charge on any atom is -0.312 e. The molecule has 1 unspecified atom stereocenters. The standard InChI is InChI=1S/C15H24ClN5/c1-4-5-12-14-15(20(3)18-12)21(13(8-16)17-14)10-11-6-7-19(2)9-11/h11H,4-10H2,1-3H3. The van der Waals surface area contributed by atoms with Crippen molar-refractivity contribution in [1.29, 1.82) is 0 Å². The molecule has 0 bridgehead atoms. The molecule has 0 radical (unpaired) electrons. The maximum absolute atomic E-state index is 6.13. The fourth-order valence-corrected chi connectivity index (χ4v) is 3.62. The third-order valence-electron chi connectivity index (χ3n) is 4.41. The van der Waals surface area contributed by atoms with Gasteiger partial charge >= 0.3 is 0 Å². The van der Waals surface area contributed by atoms with Gasteiger partial charge in [-0.05, 0) is 32.4 Å². The van der Waals surface area contributed by atoms with E-state index in [4.69, 9.17) is 16.6 Å². The van der Waals surface area contributed by atoms with E-state index in [2.05, 4.69) is 28.5 Å². The smallest absolute Gasteiger partial charge is 0.158 e. The summed E-state index contributed by atoms with van der Waals surface area (Å²) < 4.78 is 4.26. The Kier molecular flexibility index (Phi) is 4.22. The average molecular weight is 310 g/mol. The zero-order valence-corrected chi connectivity index (χ0v) is 13.9. The van der Waals surface area contributed by atoms with E-state index in [0.29, 0.717) is 11.8 Å². The highest BCUT2D eigenvalue weighted by Crippen LogP contribution is 2.25. The van der Waals surface area contributed by atoms with E-state index >= 15 is 0 Å². The van der Waals surface area contributed by atoms with Crippen molar-refractivity contribution >= 4 is 22.8 Å². The van der Waals surface area contributed by atoms with Crippen LogP contribution >= 0.6 is 11.6 Å². The number of halogens is 1. The first kappa shape index (κ1) is 14.9. The van der Waals surface area contributed by atoms with Crippen molar-refractivity contribution in [2.24, 2.45) is 13.0 Å². The van der Waals surface area contributed by atoms with Gasteiger partial charge in [0.15, 0.2) is 5.65 Å². The second kappa shape index (κ2) is 5.97. The summed E-state index contributed by atoms with van der Waals surface area (Å²) in [5, 5.41) is 4.64. The maximum atomic E-state index is 6.13. The van der Waals surface area contributed by atoms with Gasteiger partial charge in [-0.1, -0.05) is 13.3 Å². The van der Waals surface area contributed by atoms with Crippen LogP contribution in [0.25, 0.3) is 11.2 Å². The first-order valence-corrected chi connectivity index (χ1v) is 8.33. The van der Waals surface area contributed by atoms with Crippen LogP contribution in [0, 0.1) is 5.92 Å².